The Morgan fingerprint density at radius 1 is 1.33 bits per heavy atom. The topological polar surface area (TPSA) is 71.3 Å². The van der Waals surface area contributed by atoms with Crippen molar-refractivity contribution in [3.05, 3.63) is 36.5 Å². The van der Waals surface area contributed by atoms with E-state index in [0.717, 1.165) is 10.9 Å². The van der Waals surface area contributed by atoms with Crippen LogP contribution in [0.1, 0.15) is 6.92 Å². The molecular weight excluding hydrogens is 232 g/mol. The zero-order valence-corrected chi connectivity index (χ0v) is 9.96. The van der Waals surface area contributed by atoms with Crippen LogP contribution in [0.15, 0.2) is 36.5 Å². The number of carboxylic acid groups (broad SMARTS) is 1. The minimum atomic E-state index is -1.04. The van der Waals surface area contributed by atoms with E-state index in [1.54, 1.807) is 4.57 Å². The molecule has 0 aliphatic heterocycles. The van der Waals surface area contributed by atoms with Crippen molar-refractivity contribution >= 4 is 22.8 Å². The highest BCUT2D eigenvalue weighted by Gasteiger charge is 2.14. The van der Waals surface area contributed by atoms with Gasteiger partial charge in [0, 0.05) is 11.7 Å². The molecule has 0 saturated carbocycles. The van der Waals surface area contributed by atoms with Gasteiger partial charge in [-0.1, -0.05) is 18.2 Å². The third-order valence-electron chi connectivity index (χ3n) is 2.74. The van der Waals surface area contributed by atoms with E-state index in [1.165, 1.54) is 6.92 Å². The second kappa shape index (κ2) is 4.91. The van der Waals surface area contributed by atoms with E-state index in [-0.39, 0.29) is 12.5 Å². The summed E-state index contributed by atoms with van der Waals surface area (Å²) in [4.78, 5) is 22.3. The van der Waals surface area contributed by atoms with Crippen LogP contribution in [0.4, 0.5) is 0 Å². The number of hydrogen-bond acceptors (Lipinski definition) is 2. The summed E-state index contributed by atoms with van der Waals surface area (Å²) in [5.74, 6) is -1.35. The first-order chi connectivity index (χ1) is 8.58. The number of hydrogen-bond donors (Lipinski definition) is 2. The van der Waals surface area contributed by atoms with Gasteiger partial charge < -0.3 is 15.0 Å². The molecule has 18 heavy (non-hydrogen) atoms. The summed E-state index contributed by atoms with van der Waals surface area (Å²) in [6.45, 7) is 1.55. The summed E-state index contributed by atoms with van der Waals surface area (Å²) < 4.78 is 1.79. The van der Waals surface area contributed by atoms with E-state index >= 15 is 0 Å². The summed E-state index contributed by atoms with van der Waals surface area (Å²) in [6, 6.07) is 8.76. The highest BCUT2D eigenvalue weighted by atomic mass is 16.4. The average Bonchev–Trinajstić information content (AvgIpc) is 2.72. The molecule has 5 heteroatoms. The lowest BCUT2D eigenvalue weighted by atomic mass is 10.2. The van der Waals surface area contributed by atoms with Crippen LogP contribution in [-0.4, -0.2) is 27.6 Å². The molecule has 1 heterocycles. The quantitative estimate of drug-likeness (QED) is 0.852. The number of carbonyl (C=O) groups is 2. The maximum absolute atomic E-state index is 11.7. The average molecular weight is 246 g/mol. The lowest BCUT2D eigenvalue weighted by Crippen LogP contribution is -2.39. The van der Waals surface area contributed by atoms with Crippen LogP contribution < -0.4 is 5.32 Å². The first-order valence-electron chi connectivity index (χ1n) is 5.64. The number of fused-ring (bicyclic) bond motifs is 1. The maximum atomic E-state index is 11.7. The summed E-state index contributed by atoms with van der Waals surface area (Å²) >= 11 is 0. The Bertz CT molecular complexity index is 589. The van der Waals surface area contributed by atoms with Gasteiger partial charge in [-0.2, -0.15) is 0 Å². The number of nitrogens with one attached hydrogen (secondary N) is 1. The minimum absolute atomic E-state index is 0.116. The van der Waals surface area contributed by atoms with Gasteiger partial charge in [-0.3, -0.25) is 9.59 Å². The number of carbonyl (C=O) groups excluding carboxylic acids is 1. The Morgan fingerprint density at radius 2 is 2.06 bits per heavy atom. The molecule has 0 bridgehead atoms. The first-order valence-corrected chi connectivity index (χ1v) is 5.64. The molecule has 1 aromatic carbocycles. The Labute approximate surface area is 104 Å². The van der Waals surface area contributed by atoms with Crippen molar-refractivity contribution in [2.45, 2.75) is 19.5 Å². The number of para-hydroxylation sites is 1. The van der Waals surface area contributed by atoms with Crippen LogP contribution in [-0.2, 0) is 16.1 Å². The number of rotatable bonds is 4. The van der Waals surface area contributed by atoms with Crippen molar-refractivity contribution in [1.29, 1.82) is 0 Å². The van der Waals surface area contributed by atoms with E-state index in [4.69, 9.17) is 5.11 Å². The minimum Gasteiger partial charge on any atom is -0.480 e. The normalized spacial score (nSPS) is 12.3. The third kappa shape index (κ3) is 2.51. The van der Waals surface area contributed by atoms with Crippen molar-refractivity contribution in [2.75, 3.05) is 0 Å². The lowest BCUT2D eigenvalue weighted by Gasteiger charge is -2.10. The SMILES string of the molecule is CC(NC(=O)Cn1ccc2ccccc21)C(=O)O. The predicted molar refractivity (Wildman–Crippen MR) is 67.2 cm³/mol. The standard InChI is InChI=1S/C13H14N2O3/c1-9(13(17)18)14-12(16)8-15-7-6-10-4-2-3-5-11(10)15/h2-7,9H,8H2,1H3,(H,14,16)(H,17,18). The molecule has 5 nitrogen and oxygen atoms in total. The van der Waals surface area contributed by atoms with Crippen LogP contribution in [0.25, 0.3) is 10.9 Å². The fourth-order valence-corrected chi connectivity index (χ4v) is 1.78. The van der Waals surface area contributed by atoms with Crippen LogP contribution in [0.5, 0.6) is 0 Å². The third-order valence-corrected chi connectivity index (χ3v) is 2.74. The summed E-state index contributed by atoms with van der Waals surface area (Å²) in [7, 11) is 0. The van der Waals surface area contributed by atoms with Gasteiger partial charge in [-0.05, 0) is 24.4 Å². The van der Waals surface area contributed by atoms with E-state index < -0.39 is 12.0 Å². The Morgan fingerprint density at radius 3 is 2.78 bits per heavy atom. The zero-order valence-electron chi connectivity index (χ0n) is 9.96. The Balaban J connectivity index is 2.10. The number of aliphatic carboxylic acids is 1. The first kappa shape index (κ1) is 12.2. The molecule has 1 amide bonds. The molecule has 1 aromatic heterocycles. The van der Waals surface area contributed by atoms with Gasteiger partial charge in [-0.25, -0.2) is 0 Å². The molecule has 0 spiro atoms. The molecule has 2 N–H and O–H groups in total. The maximum Gasteiger partial charge on any atom is 0.325 e. The second-order valence-electron chi connectivity index (χ2n) is 4.13. The van der Waals surface area contributed by atoms with E-state index in [0.29, 0.717) is 0 Å². The highest BCUT2D eigenvalue weighted by molar-refractivity contribution is 5.85. The highest BCUT2D eigenvalue weighted by Crippen LogP contribution is 2.14. The molecule has 0 aliphatic rings. The van der Waals surface area contributed by atoms with Crippen LogP contribution in [0.2, 0.25) is 0 Å². The molecule has 1 atom stereocenters. The van der Waals surface area contributed by atoms with Crippen LogP contribution in [0.3, 0.4) is 0 Å². The van der Waals surface area contributed by atoms with Crippen molar-refractivity contribution in [3.63, 3.8) is 0 Å². The van der Waals surface area contributed by atoms with E-state index in [1.807, 2.05) is 36.5 Å². The molecular formula is C13H14N2O3. The van der Waals surface area contributed by atoms with E-state index in [9.17, 15) is 9.59 Å². The molecule has 2 rings (SSSR count). The van der Waals surface area contributed by atoms with Gasteiger partial charge in [-0.15, -0.1) is 0 Å². The van der Waals surface area contributed by atoms with Gasteiger partial charge in [0.1, 0.15) is 12.6 Å². The number of benzene rings is 1. The number of carboxylic acids is 1. The van der Waals surface area contributed by atoms with Gasteiger partial charge in [0.05, 0.1) is 0 Å². The molecule has 2 aromatic rings. The summed E-state index contributed by atoms with van der Waals surface area (Å²) in [6.07, 6.45) is 1.82. The number of amides is 1. The summed E-state index contributed by atoms with van der Waals surface area (Å²) in [5.41, 5.74) is 0.954. The molecule has 1 unspecified atom stereocenters. The van der Waals surface area contributed by atoms with Gasteiger partial charge in [0.15, 0.2) is 0 Å². The van der Waals surface area contributed by atoms with Crippen molar-refractivity contribution in [3.8, 4) is 0 Å². The Kier molecular flexibility index (Phi) is 3.32. The van der Waals surface area contributed by atoms with Crippen LogP contribution in [0, 0.1) is 0 Å². The fourth-order valence-electron chi connectivity index (χ4n) is 1.78. The van der Waals surface area contributed by atoms with Gasteiger partial charge in [0.2, 0.25) is 5.91 Å². The molecule has 94 valence electrons. The largest absolute Gasteiger partial charge is 0.480 e. The Hall–Kier alpha value is -2.30. The fraction of sp³-hybridized carbons (Fsp3) is 0.231. The number of aromatic nitrogens is 1. The number of nitrogens with zero attached hydrogens (tertiary/aromatic N) is 1. The van der Waals surface area contributed by atoms with Crippen molar-refractivity contribution < 1.29 is 14.7 Å². The van der Waals surface area contributed by atoms with Crippen LogP contribution >= 0.6 is 0 Å². The smallest absolute Gasteiger partial charge is 0.325 e. The monoisotopic (exact) mass is 246 g/mol. The van der Waals surface area contributed by atoms with Gasteiger partial charge in [0.25, 0.3) is 0 Å². The van der Waals surface area contributed by atoms with Gasteiger partial charge >= 0.3 is 5.97 Å². The predicted octanol–water partition coefficient (Wildman–Crippen LogP) is 1.23. The second-order valence-corrected chi connectivity index (χ2v) is 4.13. The van der Waals surface area contributed by atoms with Crippen molar-refractivity contribution in [2.24, 2.45) is 0 Å². The molecule has 0 radical (unpaired) electrons. The molecule has 0 aliphatic carbocycles. The van der Waals surface area contributed by atoms with E-state index in [2.05, 4.69) is 5.32 Å². The zero-order chi connectivity index (χ0) is 13.1. The summed E-state index contributed by atoms with van der Waals surface area (Å²) in [5, 5.41) is 12.2. The molecule has 0 saturated heterocycles. The molecule has 0 fully saturated rings. The lowest BCUT2D eigenvalue weighted by molar-refractivity contribution is -0.141. The van der Waals surface area contributed by atoms with Crippen molar-refractivity contribution in [1.82, 2.24) is 9.88 Å².